The van der Waals surface area contributed by atoms with Crippen LogP contribution in [-0.2, 0) is 15.7 Å². The van der Waals surface area contributed by atoms with Gasteiger partial charge in [-0.2, -0.15) is 13.2 Å². The summed E-state index contributed by atoms with van der Waals surface area (Å²) in [6.45, 7) is 0.810. The molecule has 1 aromatic carbocycles. The highest BCUT2D eigenvalue weighted by Crippen LogP contribution is 2.32. The molecule has 1 aromatic heterocycles. The molecule has 1 saturated carbocycles. The van der Waals surface area contributed by atoms with Crippen molar-refractivity contribution in [1.29, 1.82) is 0 Å². The number of alkyl halides is 3. The van der Waals surface area contributed by atoms with Gasteiger partial charge in [0.25, 0.3) is 5.91 Å². The lowest BCUT2D eigenvalue weighted by Gasteiger charge is -2.21. The maximum atomic E-state index is 12.9. The SMILES string of the molecule is COCCN(CCC(=O)NC1CC1)C(=O)c1csc(Nc2cccc(C(F)(F)F)c2)n1. The second kappa shape index (κ2) is 10.1. The number of amides is 2. The van der Waals surface area contributed by atoms with Gasteiger partial charge in [-0.15, -0.1) is 11.3 Å². The second-order valence-electron chi connectivity index (χ2n) is 7.12. The van der Waals surface area contributed by atoms with Crippen LogP contribution < -0.4 is 10.6 Å². The molecule has 0 radical (unpaired) electrons. The van der Waals surface area contributed by atoms with Gasteiger partial charge in [0.2, 0.25) is 5.91 Å². The number of hydrogen-bond donors (Lipinski definition) is 2. The number of carbonyl (C=O) groups is 2. The number of carbonyl (C=O) groups excluding carboxylic acids is 2. The first kappa shape index (κ1) is 23.0. The number of nitrogens with one attached hydrogen (secondary N) is 2. The Hall–Kier alpha value is -2.66. The summed E-state index contributed by atoms with van der Waals surface area (Å²) in [4.78, 5) is 30.5. The molecule has 1 heterocycles. The molecular formula is C20H23F3N4O3S. The smallest absolute Gasteiger partial charge is 0.383 e. The van der Waals surface area contributed by atoms with E-state index in [1.807, 2.05) is 0 Å². The monoisotopic (exact) mass is 456 g/mol. The van der Waals surface area contributed by atoms with Crippen LogP contribution in [0.1, 0.15) is 35.3 Å². The third kappa shape index (κ3) is 6.93. The van der Waals surface area contributed by atoms with Gasteiger partial charge >= 0.3 is 6.18 Å². The molecule has 11 heteroatoms. The molecule has 1 aliphatic carbocycles. The average molecular weight is 456 g/mol. The zero-order valence-electron chi connectivity index (χ0n) is 16.9. The van der Waals surface area contributed by atoms with Crippen LogP contribution in [0.3, 0.4) is 0 Å². The van der Waals surface area contributed by atoms with Crippen molar-refractivity contribution in [3.63, 3.8) is 0 Å². The van der Waals surface area contributed by atoms with E-state index < -0.39 is 11.7 Å². The van der Waals surface area contributed by atoms with Gasteiger partial charge < -0.3 is 20.3 Å². The highest BCUT2D eigenvalue weighted by atomic mass is 32.1. The van der Waals surface area contributed by atoms with Crippen molar-refractivity contribution in [1.82, 2.24) is 15.2 Å². The van der Waals surface area contributed by atoms with E-state index in [9.17, 15) is 22.8 Å². The van der Waals surface area contributed by atoms with E-state index in [0.29, 0.717) is 18.3 Å². The first-order valence-corrected chi connectivity index (χ1v) is 10.6. The van der Waals surface area contributed by atoms with E-state index in [2.05, 4.69) is 15.6 Å². The van der Waals surface area contributed by atoms with Gasteiger partial charge in [0.05, 0.1) is 12.2 Å². The molecule has 7 nitrogen and oxygen atoms in total. The van der Waals surface area contributed by atoms with Gasteiger partial charge in [0.15, 0.2) is 5.13 Å². The van der Waals surface area contributed by atoms with Crippen molar-refractivity contribution in [2.75, 3.05) is 32.1 Å². The first-order valence-electron chi connectivity index (χ1n) is 9.73. The van der Waals surface area contributed by atoms with Crippen molar-refractivity contribution < 1.29 is 27.5 Å². The zero-order chi connectivity index (χ0) is 22.4. The van der Waals surface area contributed by atoms with Gasteiger partial charge in [0, 0.05) is 43.7 Å². The number of ether oxygens (including phenoxy) is 1. The number of benzene rings is 1. The van der Waals surface area contributed by atoms with Crippen LogP contribution in [0, 0.1) is 0 Å². The maximum absolute atomic E-state index is 12.9. The molecule has 2 amide bonds. The van der Waals surface area contributed by atoms with Crippen molar-refractivity contribution in [2.24, 2.45) is 0 Å². The van der Waals surface area contributed by atoms with E-state index in [1.165, 1.54) is 29.5 Å². The summed E-state index contributed by atoms with van der Waals surface area (Å²) in [5, 5.41) is 7.50. The fraction of sp³-hybridized carbons (Fsp3) is 0.450. The molecule has 1 aliphatic rings. The van der Waals surface area contributed by atoms with Crippen molar-refractivity contribution in [3.05, 3.63) is 40.9 Å². The Morgan fingerprint density at radius 3 is 2.74 bits per heavy atom. The van der Waals surface area contributed by atoms with Gasteiger partial charge in [0.1, 0.15) is 5.69 Å². The van der Waals surface area contributed by atoms with Gasteiger partial charge in [-0.25, -0.2) is 4.98 Å². The summed E-state index contributed by atoms with van der Waals surface area (Å²) in [5.41, 5.74) is -0.407. The van der Waals surface area contributed by atoms with Crippen molar-refractivity contribution in [3.8, 4) is 0 Å². The lowest BCUT2D eigenvalue weighted by Crippen LogP contribution is -2.37. The first-order chi connectivity index (χ1) is 14.8. The number of methoxy groups -OCH3 is 1. The molecule has 0 unspecified atom stereocenters. The molecule has 2 N–H and O–H groups in total. The maximum Gasteiger partial charge on any atom is 0.416 e. The summed E-state index contributed by atoms with van der Waals surface area (Å²) in [5.74, 6) is -0.479. The molecule has 0 saturated heterocycles. The minimum Gasteiger partial charge on any atom is -0.383 e. The van der Waals surface area contributed by atoms with Crippen LogP contribution in [0.5, 0.6) is 0 Å². The number of nitrogens with zero attached hydrogens (tertiary/aromatic N) is 2. The lowest BCUT2D eigenvalue weighted by atomic mass is 10.2. The normalized spacial score (nSPS) is 13.7. The standard InChI is InChI=1S/C20H23F3N4O3S/c1-30-10-9-27(8-7-17(28)24-14-5-6-14)18(29)16-12-31-19(26-16)25-15-4-2-3-13(11-15)20(21,22)23/h2-4,11-12,14H,5-10H2,1H3,(H,24,28)(H,25,26). The number of halogens is 3. The highest BCUT2D eigenvalue weighted by Gasteiger charge is 2.30. The summed E-state index contributed by atoms with van der Waals surface area (Å²) in [6.07, 6.45) is -2.31. The molecule has 0 spiro atoms. The summed E-state index contributed by atoms with van der Waals surface area (Å²) in [6, 6.07) is 4.99. The molecule has 3 rings (SSSR count). The molecule has 0 atom stereocenters. The molecule has 0 aliphatic heterocycles. The second-order valence-corrected chi connectivity index (χ2v) is 7.98. The average Bonchev–Trinajstić information content (AvgIpc) is 3.41. The van der Waals surface area contributed by atoms with Crippen LogP contribution in [-0.4, -0.2) is 54.5 Å². The van der Waals surface area contributed by atoms with Crippen LogP contribution in [0.15, 0.2) is 29.6 Å². The molecule has 0 bridgehead atoms. The van der Waals surface area contributed by atoms with Gasteiger partial charge in [-0.05, 0) is 31.0 Å². The minimum absolute atomic E-state index is 0.108. The minimum atomic E-state index is -4.45. The molecule has 2 aromatic rings. The van der Waals surface area contributed by atoms with Crippen LogP contribution >= 0.6 is 11.3 Å². The Morgan fingerprint density at radius 2 is 2.06 bits per heavy atom. The molecule has 168 valence electrons. The van der Waals surface area contributed by atoms with E-state index in [0.717, 1.165) is 36.3 Å². The largest absolute Gasteiger partial charge is 0.416 e. The summed E-state index contributed by atoms with van der Waals surface area (Å²) in [7, 11) is 1.52. The predicted octanol–water partition coefficient (Wildman–Crippen LogP) is 3.66. The van der Waals surface area contributed by atoms with Crippen LogP contribution in [0.25, 0.3) is 0 Å². The Bertz CT molecular complexity index is 915. The predicted molar refractivity (Wildman–Crippen MR) is 110 cm³/mol. The van der Waals surface area contributed by atoms with Gasteiger partial charge in [-0.1, -0.05) is 6.07 Å². The fourth-order valence-electron chi connectivity index (χ4n) is 2.77. The Labute approximate surface area is 181 Å². The van der Waals surface area contributed by atoms with E-state index in [4.69, 9.17) is 4.74 Å². The highest BCUT2D eigenvalue weighted by molar-refractivity contribution is 7.14. The van der Waals surface area contributed by atoms with E-state index >= 15 is 0 Å². The molecule has 31 heavy (non-hydrogen) atoms. The fourth-order valence-corrected chi connectivity index (χ4v) is 3.47. The molecule has 1 fully saturated rings. The third-order valence-electron chi connectivity index (χ3n) is 4.57. The van der Waals surface area contributed by atoms with E-state index in [1.54, 1.807) is 0 Å². The Kier molecular flexibility index (Phi) is 7.50. The van der Waals surface area contributed by atoms with Crippen LogP contribution in [0.2, 0.25) is 0 Å². The zero-order valence-corrected chi connectivity index (χ0v) is 17.7. The Morgan fingerprint density at radius 1 is 1.29 bits per heavy atom. The Balaban J connectivity index is 1.63. The van der Waals surface area contributed by atoms with E-state index in [-0.39, 0.29) is 42.2 Å². The number of anilines is 2. The quantitative estimate of drug-likeness (QED) is 0.570. The lowest BCUT2D eigenvalue weighted by molar-refractivity contribution is -0.137. The number of hydrogen-bond acceptors (Lipinski definition) is 6. The van der Waals surface area contributed by atoms with Gasteiger partial charge in [-0.3, -0.25) is 9.59 Å². The number of aromatic nitrogens is 1. The number of rotatable bonds is 10. The van der Waals surface area contributed by atoms with Crippen LogP contribution in [0.4, 0.5) is 24.0 Å². The topological polar surface area (TPSA) is 83.6 Å². The van der Waals surface area contributed by atoms with Crippen molar-refractivity contribution >= 4 is 34.0 Å². The third-order valence-corrected chi connectivity index (χ3v) is 5.33. The molecular weight excluding hydrogens is 433 g/mol. The van der Waals surface area contributed by atoms with Crippen molar-refractivity contribution in [2.45, 2.75) is 31.5 Å². The summed E-state index contributed by atoms with van der Waals surface area (Å²) < 4.78 is 43.7. The summed E-state index contributed by atoms with van der Waals surface area (Å²) >= 11 is 1.11. The number of thiazole rings is 1.